The number of fused-ring (bicyclic) bond motifs is 1. The van der Waals surface area contributed by atoms with Gasteiger partial charge in [-0.2, -0.15) is 22.0 Å². The van der Waals surface area contributed by atoms with Crippen molar-refractivity contribution >= 4 is 0 Å². The second-order valence-corrected chi connectivity index (χ2v) is 6.52. The van der Waals surface area contributed by atoms with Crippen LogP contribution in [-0.2, 0) is 6.42 Å². The minimum Gasteiger partial charge on any atom is -0.486 e. The lowest BCUT2D eigenvalue weighted by Gasteiger charge is -2.19. The van der Waals surface area contributed by atoms with Gasteiger partial charge in [-0.15, -0.1) is 0 Å². The minimum absolute atomic E-state index is 0.170. The van der Waals surface area contributed by atoms with Gasteiger partial charge in [0.2, 0.25) is 0 Å². The molecule has 0 spiro atoms. The fraction of sp³-hybridized carbons (Fsp3) is 0.579. The molecule has 0 saturated heterocycles. The molecule has 1 aliphatic heterocycles. The van der Waals surface area contributed by atoms with Crippen molar-refractivity contribution < 1.29 is 31.4 Å². The predicted octanol–water partition coefficient (Wildman–Crippen LogP) is 5.25. The lowest BCUT2D eigenvalue weighted by atomic mass is 10.1. The van der Waals surface area contributed by atoms with Crippen LogP contribution in [0.25, 0.3) is 0 Å². The highest BCUT2D eigenvalue weighted by Gasteiger charge is 2.56. The summed E-state index contributed by atoms with van der Waals surface area (Å²) < 4.78 is 72.7. The van der Waals surface area contributed by atoms with Crippen LogP contribution in [0.3, 0.4) is 0 Å². The monoisotopic (exact) mass is 393 g/mol. The summed E-state index contributed by atoms with van der Waals surface area (Å²) in [6.45, 7) is 5.57. The fourth-order valence-corrected chi connectivity index (χ4v) is 2.72. The third-order valence-electron chi connectivity index (χ3n) is 4.28. The molecule has 0 fully saturated rings. The quantitative estimate of drug-likeness (QED) is 0.435. The third kappa shape index (κ3) is 6.59. The van der Waals surface area contributed by atoms with E-state index in [1.165, 1.54) is 0 Å². The van der Waals surface area contributed by atoms with Crippen molar-refractivity contribution in [1.82, 2.24) is 5.32 Å². The van der Waals surface area contributed by atoms with Gasteiger partial charge in [0, 0.05) is 18.7 Å². The first kappa shape index (κ1) is 21.3. The van der Waals surface area contributed by atoms with E-state index in [-0.39, 0.29) is 6.42 Å². The zero-order chi connectivity index (χ0) is 19.9. The average molecular weight is 393 g/mol. The molecule has 1 aromatic rings. The lowest BCUT2D eigenvalue weighted by molar-refractivity contribution is -0.284. The first-order valence-corrected chi connectivity index (χ1v) is 8.94. The Kier molecular flexibility index (Phi) is 7.33. The summed E-state index contributed by atoms with van der Waals surface area (Å²) in [4.78, 5) is 0. The van der Waals surface area contributed by atoms with Gasteiger partial charge in [-0.1, -0.05) is 19.1 Å². The van der Waals surface area contributed by atoms with E-state index in [0.717, 1.165) is 29.2 Å². The average Bonchev–Trinajstić information content (AvgIpc) is 2.60. The highest BCUT2D eigenvalue weighted by Crippen LogP contribution is 2.39. The Morgan fingerprint density at radius 3 is 2.41 bits per heavy atom. The first-order valence-electron chi connectivity index (χ1n) is 8.94. The van der Waals surface area contributed by atoms with E-state index >= 15 is 0 Å². The van der Waals surface area contributed by atoms with Gasteiger partial charge in [0.15, 0.2) is 11.5 Å². The highest BCUT2D eigenvalue weighted by molar-refractivity contribution is 5.43. The second kappa shape index (κ2) is 9.28. The molecule has 1 aromatic carbocycles. The van der Waals surface area contributed by atoms with Crippen molar-refractivity contribution in [2.45, 2.75) is 50.6 Å². The van der Waals surface area contributed by atoms with E-state index in [4.69, 9.17) is 9.47 Å². The molecule has 0 saturated carbocycles. The van der Waals surface area contributed by atoms with Crippen molar-refractivity contribution in [2.24, 2.45) is 0 Å². The maximum Gasteiger partial charge on any atom is 0.453 e. The Hall–Kier alpha value is -1.99. The molecule has 27 heavy (non-hydrogen) atoms. The molecule has 8 heteroatoms. The lowest BCUT2D eigenvalue weighted by Crippen LogP contribution is -2.36. The number of hydrogen-bond acceptors (Lipinski definition) is 3. The predicted molar refractivity (Wildman–Crippen MR) is 92.4 cm³/mol. The molecule has 2 rings (SSSR count). The second-order valence-electron chi connectivity index (χ2n) is 6.52. The summed E-state index contributed by atoms with van der Waals surface area (Å²) in [5, 5.41) is 3.15. The Morgan fingerprint density at radius 1 is 1.00 bits per heavy atom. The molecule has 0 aromatic heterocycles. The molecule has 3 nitrogen and oxygen atoms in total. The maximum atomic E-state index is 12.8. The maximum absolute atomic E-state index is 12.8. The van der Waals surface area contributed by atoms with E-state index < -0.39 is 18.5 Å². The van der Waals surface area contributed by atoms with Crippen molar-refractivity contribution in [3.8, 4) is 11.5 Å². The number of alkyl halides is 5. The van der Waals surface area contributed by atoms with Crippen LogP contribution < -0.4 is 14.8 Å². The first-order chi connectivity index (χ1) is 12.7. The summed E-state index contributed by atoms with van der Waals surface area (Å²) in [5.41, 5.74) is 1.82. The highest BCUT2D eigenvalue weighted by atomic mass is 19.4. The number of unbranched alkanes of at least 4 members (excludes halogenated alkanes) is 2. The molecule has 0 radical (unpaired) electrons. The molecular weight excluding hydrogens is 369 g/mol. The van der Waals surface area contributed by atoms with Gasteiger partial charge in [0.1, 0.15) is 13.2 Å². The van der Waals surface area contributed by atoms with Gasteiger partial charge >= 0.3 is 12.1 Å². The zero-order valence-electron chi connectivity index (χ0n) is 15.0. The van der Waals surface area contributed by atoms with E-state index in [2.05, 4.69) is 11.9 Å². The van der Waals surface area contributed by atoms with Crippen molar-refractivity contribution in [1.29, 1.82) is 0 Å². The van der Waals surface area contributed by atoms with Gasteiger partial charge < -0.3 is 14.8 Å². The Morgan fingerprint density at radius 2 is 1.70 bits per heavy atom. The van der Waals surface area contributed by atoms with Crippen LogP contribution in [0.2, 0.25) is 0 Å². The van der Waals surface area contributed by atoms with Crippen LogP contribution in [0, 0.1) is 0 Å². The summed E-state index contributed by atoms with van der Waals surface area (Å²) in [7, 11) is 0. The van der Waals surface area contributed by atoms with Crippen molar-refractivity contribution in [2.75, 3.05) is 19.8 Å². The molecule has 0 unspecified atom stereocenters. The third-order valence-corrected chi connectivity index (χ3v) is 4.28. The van der Waals surface area contributed by atoms with E-state index in [1.54, 1.807) is 0 Å². The van der Waals surface area contributed by atoms with Crippen molar-refractivity contribution in [3.63, 3.8) is 0 Å². The molecule has 0 bridgehead atoms. The van der Waals surface area contributed by atoms with Gasteiger partial charge in [-0.3, -0.25) is 0 Å². The molecule has 152 valence electrons. The molecule has 1 N–H and O–H groups in total. The standard InChI is InChI=1S/C19H24F5NO2/c1-14(5-3-2-4-9-18(20,21)19(22,23)24)25-10-8-15-6-7-16-17(13-15)27-12-11-26-16/h6-7,13,25H,1-5,8-12H2. The van der Waals surface area contributed by atoms with E-state index in [9.17, 15) is 22.0 Å². The number of hydrogen-bond donors (Lipinski definition) is 1. The smallest absolute Gasteiger partial charge is 0.453 e. The number of allylic oxidation sites excluding steroid dienone is 1. The van der Waals surface area contributed by atoms with Crippen LogP contribution >= 0.6 is 0 Å². The summed E-state index contributed by atoms with van der Waals surface area (Å²) >= 11 is 0. The van der Waals surface area contributed by atoms with Crippen LogP contribution in [-0.4, -0.2) is 31.9 Å². The van der Waals surface area contributed by atoms with Crippen LogP contribution in [0.4, 0.5) is 22.0 Å². The van der Waals surface area contributed by atoms with E-state index in [0.29, 0.717) is 39.0 Å². The van der Waals surface area contributed by atoms with Gasteiger partial charge in [0.25, 0.3) is 0 Å². The molecular formula is C19H24F5NO2. The number of rotatable bonds is 10. The molecule has 0 aliphatic carbocycles. The SMILES string of the molecule is C=C(CCCCCC(F)(F)C(F)(F)F)NCCc1ccc2c(c1)OCCO2. The summed E-state index contributed by atoms with van der Waals surface area (Å²) in [6.07, 6.45) is -4.70. The molecule has 1 aliphatic rings. The minimum atomic E-state index is -5.47. The van der Waals surface area contributed by atoms with Crippen LogP contribution in [0.15, 0.2) is 30.5 Å². The van der Waals surface area contributed by atoms with E-state index in [1.807, 2.05) is 18.2 Å². The van der Waals surface area contributed by atoms with Gasteiger partial charge in [0.05, 0.1) is 0 Å². The number of ether oxygens (including phenoxy) is 2. The largest absolute Gasteiger partial charge is 0.486 e. The van der Waals surface area contributed by atoms with Crippen LogP contribution in [0.1, 0.15) is 37.7 Å². The Labute approximate surface area is 155 Å². The number of halogens is 5. The summed E-state index contributed by atoms with van der Waals surface area (Å²) in [5.74, 6) is -3.14. The molecule has 1 heterocycles. The number of nitrogens with one attached hydrogen (secondary N) is 1. The fourth-order valence-electron chi connectivity index (χ4n) is 2.72. The number of benzene rings is 1. The normalized spacial score (nSPS) is 14.1. The molecule has 0 atom stereocenters. The van der Waals surface area contributed by atoms with Gasteiger partial charge in [-0.25, -0.2) is 0 Å². The van der Waals surface area contributed by atoms with Gasteiger partial charge in [-0.05, 0) is 43.4 Å². The topological polar surface area (TPSA) is 30.5 Å². The Balaban J connectivity index is 1.59. The van der Waals surface area contributed by atoms with Crippen molar-refractivity contribution in [3.05, 3.63) is 36.0 Å². The molecule has 0 amide bonds. The Bertz CT molecular complexity index is 631. The van der Waals surface area contributed by atoms with Crippen LogP contribution in [0.5, 0.6) is 11.5 Å². The zero-order valence-corrected chi connectivity index (χ0v) is 15.0. The summed E-state index contributed by atoms with van der Waals surface area (Å²) in [6, 6.07) is 5.76.